The third kappa shape index (κ3) is 4.73. The van der Waals surface area contributed by atoms with E-state index < -0.39 is 4.92 Å². The molecular formula is C29H27N5O4S. The Hall–Kier alpha value is -4.28. The van der Waals surface area contributed by atoms with Gasteiger partial charge >= 0.3 is 0 Å². The van der Waals surface area contributed by atoms with Crippen LogP contribution < -0.4 is 4.74 Å². The van der Waals surface area contributed by atoms with E-state index in [1.165, 1.54) is 17.7 Å². The van der Waals surface area contributed by atoms with E-state index in [4.69, 9.17) is 9.72 Å². The highest BCUT2D eigenvalue weighted by atomic mass is 32.1. The minimum atomic E-state index is -0.475. The summed E-state index contributed by atoms with van der Waals surface area (Å²) in [5.41, 5.74) is 5.72. The van der Waals surface area contributed by atoms with Crippen LogP contribution in [0.5, 0.6) is 5.75 Å². The Morgan fingerprint density at radius 3 is 2.54 bits per heavy atom. The number of fused-ring (bicyclic) bond motifs is 3. The van der Waals surface area contributed by atoms with E-state index >= 15 is 0 Å². The third-order valence-corrected chi connectivity index (χ3v) is 8.22. The summed E-state index contributed by atoms with van der Waals surface area (Å²) in [5, 5.41) is 11.1. The summed E-state index contributed by atoms with van der Waals surface area (Å²) in [5.74, 6) is 0.639. The van der Waals surface area contributed by atoms with Crippen LogP contribution in [0, 0.1) is 17.0 Å². The van der Waals surface area contributed by atoms with Crippen molar-refractivity contribution in [3.63, 3.8) is 0 Å². The Bertz CT molecular complexity index is 1700. The summed E-state index contributed by atoms with van der Waals surface area (Å²) in [6.07, 6.45) is 0. The molecular weight excluding hydrogens is 514 g/mol. The first-order valence-corrected chi connectivity index (χ1v) is 13.5. The quantitative estimate of drug-likeness (QED) is 0.211. The number of carbonyl (C=O) groups is 1. The van der Waals surface area contributed by atoms with Gasteiger partial charge in [-0.3, -0.25) is 24.2 Å². The summed E-state index contributed by atoms with van der Waals surface area (Å²) in [6, 6.07) is 20.5. The van der Waals surface area contributed by atoms with Crippen molar-refractivity contribution in [1.29, 1.82) is 0 Å². The SMILES string of the molecule is COc1ccc2c(c1)sc1nc(-c3ccc(C)cc3)c(CN3CCN(C(=O)c4cccc([N+](=O)[O-])c4)CC3)n12. The van der Waals surface area contributed by atoms with Crippen LogP contribution in [-0.4, -0.2) is 63.3 Å². The van der Waals surface area contributed by atoms with Crippen molar-refractivity contribution in [1.82, 2.24) is 19.2 Å². The second kappa shape index (κ2) is 10.1. The van der Waals surface area contributed by atoms with Gasteiger partial charge in [0.25, 0.3) is 11.6 Å². The molecule has 1 fully saturated rings. The number of rotatable bonds is 6. The number of hydrogen-bond acceptors (Lipinski definition) is 7. The first kappa shape index (κ1) is 25.0. The lowest BCUT2D eigenvalue weighted by Crippen LogP contribution is -2.48. The molecule has 5 aromatic rings. The molecule has 1 saturated heterocycles. The molecule has 0 N–H and O–H groups in total. The maximum absolute atomic E-state index is 13.1. The average Bonchev–Trinajstić information content (AvgIpc) is 3.49. The number of non-ortho nitro benzene ring substituents is 1. The predicted octanol–water partition coefficient (Wildman–Crippen LogP) is 5.40. The van der Waals surface area contributed by atoms with E-state index in [2.05, 4.69) is 46.6 Å². The molecule has 6 rings (SSSR count). The van der Waals surface area contributed by atoms with Crippen molar-refractivity contribution >= 4 is 38.1 Å². The standard InChI is InChI=1S/C29H27N5O4S/c1-19-6-8-20(9-7-19)27-25(33-24-11-10-23(38-2)17-26(24)39-29(33)30-27)18-31-12-14-32(15-13-31)28(35)21-4-3-5-22(16-21)34(36)37/h3-11,16-17H,12-15,18H2,1-2H3. The van der Waals surface area contributed by atoms with Gasteiger partial charge in [0.15, 0.2) is 4.96 Å². The second-order valence-corrected chi connectivity index (χ2v) is 10.7. The molecule has 1 aliphatic heterocycles. The lowest BCUT2D eigenvalue weighted by molar-refractivity contribution is -0.384. The molecule has 1 amide bonds. The highest BCUT2D eigenvalue weighted by Gasteiger charge is 2.26. The van der Waals surface area contributed by atoms with Crippen LogP contribution in [0.3, 0.4) is 0 Å². The van der Waals surface area contributed by atoms with Gasteiger partial charge in [-0.05, 0) is 31.2 Å². The van der Waals surface area contributed by atoms with Crippen LogP contribution in [-0.2, 0) is 6.54 Å². The van der Waals surface area contributed by atoms with Gasteiger partial charge in [-0.15, -0.1) is 0 Å². The number of hydrogen-bond donors (Lipinski definition) is 0. The Morgan fingerprint density at radius 2 is 1.82 bits per heavy atom. The average molecular weight is 542 g/mol. The van der Waals surface area contributed by atoms with Crippen molar-refractivity contribution in [2.45, 2.75) is 13.5 Å². The fourth-order valence-electron chi connectivity index (χ4n) is 5.08. The normalized spacial score (nSPS) is 14.3. The molecule has 0 aliphatic carbocycles. The Labute approximate surface area is 229 Å². The third-order valence-electron chi connectivity index (χ3n) is 7.21. The largest absolute Gasteiger partial charge is 0.497 e. The number of carbonyl (C=O) groups excluding carboxylic acids is 1. The van der Waals surface area contributed by atoms with Gasteiger partial charge < -0.3 is 9.64 Å². The number of benzene rings is 3. The first-order chi connectivity index (χ1) is 18.9. The second-order valence-electron chi connectivity index (χ2n) is 9.70. The number of methoxy groups -OCH3 is 1. The maximum atomic E-state index is 13.1. The molecule has 0 saturated carbocycles. The van der Waals surface area contributed by atoms with Gasteiger partial charge in [0.05, 0.1) is 33.6 Å². The topological polar surface area (TPSA) is 93.2 Å². The van der Waals surface area contributed by atoms with Crippen LogP contribution in [0.2, 0.25) is 0 Å². The molecule has 2 aromatic heterocycles. The zero-order valence-electron chi connectivity index (χ0n) is 21.7. The molecule has 9 nitrogen and oxygen atoms in total. The van der Waals surface area contributed by atoms with Gasteiger partial charge in [0.1, 0.15) is 5.75 Å². The molecule has 10 heteroatoms. The van der Waals surface area contributed by atoms with Crippen molar-refractivity contribution in [2.24, 2.45) is 0 Å². The molecule has 0 atom stereocenters. The van der Waals surface area contributed by atoms with Gasteiger partial charge in [-0.2, -0.15) is 0 Å². The number of thiazole rings is 1. The summed E-state index contributed by atoms with van der Waals surface area (Å²) in [6.45, 7) is 5.23. The minimum Gasteiger partial charge on any atom is -0.497 e. The van der Waals surface area contributed by atoms with E-state index in [1.807, 2.05) is 12.1 Å². The zero-order valence-corrected chi connectivity index (χ0v) is 22.5. The van der Waals surface area contributed by atoms with E-state index in [0.29, 0.717) is 38.3 Å². The highest BCUT2D eigenvalue weighted by Crippen LogP contribution is 2.35. The zero-order chi connectivity index (χ0) is 27.1. The fraction of sp³-hybridized carbons (Fsp3) is 0.241. The molecule has 0 spiro atoms. The molecule has 3 heterocycles. The van der Waals surface area contributed by atoms with Crippen molar-refractivity contribution in [2.75, 3.05) is 33.3 Å². The molecule has 0 bridgehead atoms. The predicted molar refractivity (Wildman–Crippen MR) is 152 cm³/mol. The lowest BCUT2D eigenvalue weighted by atomic mass is 10.1. The monoisotopic (exact) mass is 541 g/mol. The Morgan fingerprint density at radius 1 is 1.05 bits per heavy atom. The summed E-state index contributed by atoms with van der Waals surface area (Å²) < 4.78 is 8.79. The van der Waals surface area contributed by atoms with E-state index in [1.54, 1.807) is 35.5 Å². The molecule has 39 heavy (non-hydrogen) atoms. The van der Waals surface area contributed by atoms with Gasteiger partial charge in [-0.1, -0.05) is 47.2 Å². The fourth-order valence-corrected chi connectivity index (χ4v) is 6.15. The number of piperazine rings is 1. The van der Waals surface area contributed by atoms with E-state index in [-0.39, 0.29) is 11.6 Å². The number of amides is 1. The molecule has 3 aromatic carbocycles. The number of imidazole rings is 1. The number of nitro benzene ring substituents is 1. The van der Waals surface area contributed by atoms with Gasteiger partial charge in [0.2, 0.25) is 0 Å². The number of nitrogens with zero attached hydrogens (tertiary/aromatic N) is 5. The molecule has 1 aliphatic rings. The van der Waals surface area contributed by atoms with E-state index in [0.717, 1.165) is 37.9 Å². The van der Waals surface area contributed by atoms with Crippen molar-refractivity contribution in [3.8, 4) is 17.0 Å². The lowest BCUT2D eigenvalue weighted by Gasteiger charge is -2.34. The summed E-state index contributed by atoms with van der Waals surface area (Å²) in [4.78, 5) is 33.8. The molecule has 198 valence electrons. The van der Waals surface area contributed by atoms with E-state index in [9.17, 15) is 14.9 Å². The van der Waals surface area contributed by atoms with Crippen LogP contribution in [0.4, 0.5) is 5.69 Å². The smallest absolute Gasteiger partial charge is 0.270 e. The van der Waals surface area contributed by atoms with Gasteiger partial charge in [0, 0.05) is 56.0 Å². The number of ether oxygens (including phenoxy) is 1. The number of aryl methyl sites for hydroxylation is 1. The minimum absolute atomic E-state index is 0.0755. The summed E-state index contributed by atoms with van der Waals surface area (Å²) >= 11 is 1.64. The Balaban J connectivity index is 1.28. The molecule has 0 unspecified atom stereocenters. The van der Waals surface area contributed by atoms with Gasteiger partial charge in [-0.25, -0.2) is 4.98 Å². The van der Waals surface area contributed by atoms with Crippen LogP contribution in [0.15, 0.2) is 66.7 Å². The Kier molecular flexibility index (Phi) is 6.49. The molecule has 0 radical (unpaired) electrons. The number of aromatic nitrogens is 2. The summed E-state index contributed by atoms with van der Waals surface area (Å²) in [7, 11) is 1.67. The van der Waals surface area contributed by atoms with Crippen LogP contribution >= 0.6 is 11.3 Å². The first-order valence-electron chi connectivity index (χ1n) is 12.7. The van der Waals surface area contributed by atoms with Crippen LogP contribution in [0.25, 0.3) is 26.4 Å². The highest BCUT2D eigenvalue weighted by molar-refractivity contribution is 7.23. The van der Waals surface area contributed by atoms with Crippen molar-refractivity contribution in [3.05, 3.63) is 93.7 Å². The van der Waals surface area contributed by atoms with Crippen molar-refractivity contribution < 1.29 is 14.5 Å². The van der Waals surface area contributed by atoms with Crippen LogP contribution in [0.1, 0.15) is 21.6 Å². The number of nitro groups is 1. The maximum Gasteiger partial charge on any atom is 0.270 e.